The van der Waals surface area contributed by atoms with Crippen LogP contribution in [0.2, 0.25) is 0 Å². The minimum Gasteiger partial charge on any atom is -0.335 e. The number of carbonyl (C=O) groups is 1. The molecule has 0 bridgehead atoms. The number of nitrogens with zero attached hydrogens (tertiary/aromatic N) is 5. The zero-order valence-corrected chi connectivity index (χ0v) is 18.9. The lowest BCUT2D eigenvalue weighted by molar-refractivity contribution is 0.0517. The third-order valence-electron chi connectivity index (χ3n) is 6.62. The van der Waals surface area contributed by atoms with E-state index in [1.165, 1.54) is 32.1 Å². The number of rotatable bonds is 6. The molecule has 2 aromatic heterocycles. The van der Waals surface area contributed by atoms with E-state index in [4.69, 9.17) is 4.98 Å². The second kappa shape index (κ2) is 9.48. The number of pyridine rings is 1. The number of aromatic nitrogens is 2. The highest BCUT2D eigenvalue weighted by Gasteiger charge is 2.30. The fraction of sp³-hybridized carbons (Fsp3) is 0.667. The lowest BCUT2D eigenvalue weighted by Crippen LogP contribution is -2.52. The summed E-state index contributed by atoms with van der Waals surface area (Å²) >= 11 is 0. The Hall–Kier alpha value is -1.92. The molecule has 6 heteroatoms. The number of fused-ring (bicyclic) bond motifs is 1. The lowest BCUT2D eigenvalue weighted by Gasteiger charge is -2.40. The average Bonchev–Trinajstić information content (AvgIpc) is 3.12. The molecule has 0 unspecified atom stereocenters. The molecule has 4 rings (SSSR count). The van der Waals surface area contributed by atoms with Gasteiger partial charge in [-0.15, -0.1) is 0 Å². The van der Waals surface area contributed by atoms with Crippen molar-refractivity contribution in [2.45, 2.75) is 58.5 Å². The quantitative estimate of drug-likeness (QED) is 0.730. The maximum Gasteiger partial charge on any atom is 0.274 e. The molecular formula is C24H37N5O. The van der Waals surface area contributed by atoms with Crippen molar-refractivity contribution in [3.05, 3.63) is 35.8 Å². The number of amides is 1. The standard InChI is InChI=1S/C24H37N5O/c1-19(2)17-26(3)18-21-23(25-22-11-7-8-12-29(21)22)24(30)28-15-13-27(14-16-28)20-9-5-4-6-10-20/h7-8,11-12,19-20H,4-6,9-10,13-18H2,1-3H3. The molecule has 0 N–H and O–H groups in total. The summed E-state index contributed by atoms with van der Waals surface area (Å²) < 4.78 is 2.09. The van der Waals surface area contributed by atoms with Crippen molar-refractivity contribution in [3.63, 3.8) is 0 Å². The van der Waals surface area contributed by atoms with Gasteiger partial charge in [0.05, 0.1) is 5.69 Å². The van der Waals surface area contributed by atoms with Gasteiger partial charge in [0.2, 0.25) is 0 Å². The molecule has 30 heavy (non-hydrogen) atoms. The van der Waals surface area contributed by atoms with E-state index in [2.05, 4.69) is 35.1 Å². The Balaban J connectivity index is 1.49. The van der Waals surface area contributed by atoms with Gasteiger partial charge in [-0.1, -0.05) is 39.2 Å². The van der Waals surface area contributed by atoms with Crippen molar-refractivity contribution in [2.24, 2.45) is 5.92 Å². The fourth-order valence-electron chi connectivity index (χ4n) is 5.20. The van der Waals surface area contributed by atoms with Gasteiger partial charge in [0.25, 0.3) is 5.91 Å². The highest BCUT2D eigenvalue weighted by atomic mass is 16.2. The molecule has 164 valence electrons. The molecular weight excluding hydrogens is 374 g/mol. The van der Waals surface area contributed by atoms with Gasteiger partial charge in [-0.3, -0.25) is 9.69 Å². The van der Waals surface area contributed by atoms with Crippen LogP contribution >= 0.6 is 0 Å². The second-order valence-corrected chi connectivity index (χ2v) is 9.55. The Labute approximate surface area is 180 Å². The van der Waals surface area contributed by atoms with Crippen LogP contribution in [-0.2, 0) is 6.54 Å². The van der Waals surface area contributed by atoms with E-state index < -0.39 is 0 Å². The zero-order chi connectivity index (χ0) is 21.1. The first-order chi connectivity index (χ1) is 14.5. The van der Waals surface area contributed by atoms with E-state index in [1.807, 2.05) is 29.3 Å². The summed E-state index contributed by atoms with van der Waals surface area (Å²) in [5.74, 6) is 0.677. The van der Waals surface area contributed by atoms with Crippen LogP contribution in [0.15, 0.2) is 24.4 Å². The number of hydrogen-bond donors (Lipinski definition) is 0. The van der Waals surface area contributed by atoms with Crippen LogP contribution in [0.4, 0.5) is 0 Å². The molecule has 6 nitrogen and oxygen atoms in total. The summed E-state index contributed by atoms with van der Waals surface area (Å²) in [7, 11) is 2.12. The average molecular weight is 412 g/mol. The molecule has 3 heterocycles. The number of imidazole rings is 1. The van der Waals surface area contributed by atoms with Crippen LogP contribution in [0.5, 0.6) is 0 Å². The summed E-state index contributed by atoms with van der Waals surface area (Å²) in [4.78, 5) is 25.2. The number of carbonyl (C=O) groups excluding carboxylic acids is 1. The van der Waals surface area contributed by atoms with Gasteiger partial charge in [-0.05, 0) is 37.9 Å². The topological polar surface area (TPSA) is 44.1 Å². The SMILES string of the molecule is CC(C)CN(C)Cc1c(C(=O)N2CCN(C3CCCCC3)CC2)nc2ccccn12. The first kappa shape index (κ1) is 21.3. The largest absolute Gasteiger partial charge is 0.335 e. The first-order valence-electron chi connectivity index (χ1n) is 11.7. The minimum absolute atomic E-state index is 0.0925. The van der Waals surface area contributed by atoms with Gasteiger partial charge in [-0.2, -0.15) is 0 Å². The molecule has 2 aromatic rings. The van der Waals surface area contributed by atoms with E-state index >= 15 is 0 Å². The summed E-state index contributed by atoms with van der Waals surface area (Å²) in [6.45, 7) is 9.78. The second-order valence-electron chi connectivity index (χ2n) is 9.55. The molecule has 1 aliphatic carbocycles. The maximum atomic E-state index is 13.5. The van der Waals surface area contributed by atoms with Crippen molar-refractivity contribution in [1.29, 1.82) is 0 Å². The Morgan fingerprint density at radius 3 is 2.57 bits per heavy atom. The Morgan fingerprint density at radius 2 is 1.87 bits per heavy atom. The molecule has 0 radical (unpaired) electrons. The van der Waals surface area contributed by atoms with Crippen molar-refractivity contribution in [2.75, 3.05) is 39.8 Å². The molecule has 0 atom stereocenters. The van der Waals surface area contributed by atoms with E-state index in [-0.39, 0.29) is 5.91 Å². The molecule has 1 saturated heterocycles. The number of piperazine rings is 1. The van der Waals surface area contributed by atoms with Crippen LogP contribution in [0.25, 0.3) is 5.65 Å². The maximum absolute atomic E-state index is 13.5. The molecule has 1 aliphatic heterocycles. The van der Waals surface area contributed by atoms with Gasteiger partial charge in [0.15, 0.2) is 5.69 Å². The smallest absolute Gasteiger partial charge is 0.274 e. The van der Waals surface area contributed by atoms with Crippen molar-refractivity contribution < 1.29 is 4.79 Å². The monoisotopic (exact) mass is 411 g/mol. The molecule has 2 aliphatic rings. The van der Waals surface area contributed by atoms with Crippen molar-refractivity contribution in [3.8, 4) is 0 Å². The van der Waals surface area contributed by atoms with Crippen LogP contribution in [0, 0.1) is 5.92 Å². The first-order valence-corrected chi connectivity index (χ1v) is 11.7. The van der Waals surface area contributed by atoms with Crippen LogP contribution in [0.1, 0.15) is 62.1 Å². The molecule has 1 amide bonds. The Kier molecular flexibility index (Phi) is 6.74. The van der Waals surface area contributed by atoms with E-state index in [0.717, 1.165) is 56.7 Å². The normalized spacial score (nSPS) is 19.3. The molecule has 0 spiro atoms. The van der Waals surface area contributed by atoms with Gasteiger partial charge in [-0.25, -0.2) is 4.98 Å². The highest BCUT2D eigenvalue weighted by Crippen LogP contribution is 2.24. The fourth-order valence-corrected chi connectivity index (χ4v) is 5.20. The van der Waals surface area contributed by atoms with Gasteiger partial charge < -0.3 is 14.2 Å². The lowest BCUT2D eigenvalue weighted by atomic mass is 9.94. The third kappa shape index (κ3) is 4.70. The summed E-state index contributed by atoms with van der Waals surface area (Å²) in [6, 6.07) is 6.72. The predicted octanol–water partition coefficient (Wildman–Crippen LogP) is 3.51. The van der Waals surface area contributed by atoms with Crippen molar-refractivity contribution >= 4 is 11.6 Å². The molecule has 2 fully saturated rings. The molecule has 1 saturated carbocycles. The van der Waals surface area contributed by atoms with E-state index in [0.29, 0.717) is 11.6 Å². The van der Waals surface area contributed by atoms with Crippen LogP contribution < -0.4 is 0 Å². The summed E-state index contributed by atoms with van der Waals surface area (Å²) in [5, 5.41) is 0. The van der Waals surface area contributed by atoms with Crippen molar-refractivity contribution in [1.82, 2.24) is 24.1 Å². The number of hydrogen-bond acceptors (Lipinski definition) is 4. The molecule has 0 aromatic carbocycles. The summed E-state index contributed by atoms with van der Waals surface area (Å²) in [6.07, 6.45) is 8.78. The predicted molar refractivity (Wildman–Crippen MR) is 121 cm³/mol. The Morgan fingerprint density at radius 1 is 1.13 bits per heavy atom. The third-order valence-corrected chi connectivity index (χ3v) is 6.62. The van der Waals surface area contributed by atoms with Gasteiger partial charge >= 0.3 is 0 Å². The van der Waals surface area contributed by atoms with Crippen LogP contribution in [-0.4, -0.2) is 75.8 Å². The van der Waals surface area contributed by atoms with Gasteiger partial charge in [0.1, 0.15) is 5.65 Å². The van der Waals surface area contributed by atoms with Crippen LogP contribution in [0.3, 0.4) is 0 Å². The minimum atomic E-state index is 0.0925. The van der Waals surface area contributed by atoms with Gasteiger partial charge in [0, 0.05) is 51.5 Å². The summed E-state index contributed by atoms with van der Waals surface area (Å²) in [5.41, 5.74) is 2.49. The van der Waals surface area contributed by atoms with E-state index in [9.17, 15) is 4.79 Å². The van der Waals surface area contributed by atoms with E-state index in [1.54, 1.807) is 0 Å². The highest BCUT2D eigenvalue weighted by molar-refractivity contribution is 5.94. The zero-order valence-electron chi connectivity index (χ0n) is 18.9. The Bertz CT molecular complexity index is 846.